The molecule has 3 N–H and O–H groups in total. The van der Waals surface area contributed by atoms with Gasteiger partial charge in [-0.15, -0.1) is 11.3 Å². The number of thiazole rings is 1. The first-order valence-corrected chi connectivity index (χ1v) is 8.74. The van der Waals surface area contributed by atoms with Crippen molar-refractivity contribution in [3.05, 3.63) is 34.7 Å². The highest BCUT2D eigenvalue weighted by atomic mass is 32.1. The molecule has 1 aliphatic heterocycles. The zero-order valence-corrected chi connectivity index (χ0v) is 14.3. The summed E-state index contributed by atoms with van der Waals surface area (Å²) in [6.07, 6.45) is 3.60. The summed E-state index contributed by atoms with van der Waals surface area (Å²) in [5.41, 5.74) is 7.04. The Hall–Kier alpha value is -2.19. The van der Waals surface area contributed by atoms with E-state index in [1.54, 1.807) is 23.3 Å². The molecule has 1 unspecified atom stereocenters. The van der Waals surface area contributed by atoms with E-state index in [1.807, 2.05) is 0 Å². The van der Waals surface area contributed by atoms with Crippen molar-refractivity contribution in [3.63, 3.8) is 0 Å². The molecule has 128 valence electrons. The molecule has 24 heavy (non-hydrogen) atoms. The number of carbonyl (C=O) groups is 2. The van der Waals surface area contributed by atoms with Crippen LogP contribution < -0.4 is 11.1 Å². The van der Waals surface area contributed by atoms with Crippen molar-refractivity contribution in [1.29, 1.82) is 0 Å². The van der Waals surface area contributed by atoms with Gasteiger partial charge in [-0.1, -0.05) is 0 Å². The van der Waals surface area contributed by atoms with Gasteiger partial charge in [0.2, 0.25) is 5.91 Å². The topological polar surface area (TPSA) is 101 Å². The molecule has 1 atom stereocenters. The van der Waals surface area contributed by atoms with Gasteiger partial charge in [0, 0.05) is 24.5 Å². The van der Waals surface area contributed by atoms with Crippen molar-refractivity contribution in [1.82, 2.24) is 9.88 Å². The Balaban J connectivity index is 1.58. The standard InChI is InChI=1S/C16H20N4O3S/c1-10-13(4-6-23-10)15(22)19-16-18-12(9-24-16)7-14(21)20-5-2-3-11(17)8-20/h4,6,9,11H,2-3,5,7-8,17H2,1H3,(H,18,19,22). The summed E-state index contributed by atoms with van der Waals surface area (Å²) in [7, 11) is 0. The van der Waals surface area contributed by atoms with Gasteiger partial charge in [-0.25, -0.2) is 4.98 Å². The average Bonchev–Trinajstić information content (AvgIpc) is 3.16. The summed E-state index contributed by atoms with van der Waals surface area (Å²) in [6, 6.07) is 1.67. The zero-order valence-electron chi connectivity index (χ0n) is 13.4. The Labute approximate surface area is 143 Å². The molecule has 2 aromatic heterocycles. The van der Waals surface area contributed by atoms with Gasteiger partial charge < -0.3 is 15.1 Å². The number of aryl methyl sites for hydroxylation is 1. The van der Waals surface area contributed by atoms with Gasteiger partial charge in [0.25, 0.3) is 5.91 Å². The number of nitrogens with two attached hydrogens (primary N) is 1. The molecule has 3 heterocycles. The molecule has 8 heteroatoms. The van der Waals surface area contributed by atoms with Crippen LogP contribution in [0.3, 0.4) is 0 Å². The molecule has 0 bridgehead atoms. The Morgan fingerprint density at radius 1 is 1.54 bits per heavy atom. The van der Waals surface area contributed by atoms with E-state index < -0.39 is 0 Å². The quantitative estimate of drug-likeness (QED) is 0.877. The molecule has 2 aromatic rings. The maximum absolute atomic E-state index is 12.3. The Bertz CT molecular complexity index is 739. The van der Waals surface area contributed by atoms with E-state index in [2.05, 4.69) is 10.3 Å². The number of hydrogen-bond donors (Lipinski definition) is 2. The number of amides is 2. The van der Waals surface area contributed by atoms with Gasteiger partial charge in [0.15, 0.2) is 5.13 Å². The predicted octanol–water partition coefficient (Wildman–Crippen LogP) is 1.79. The van der Waals surface area contributed by atoms with E-state index in [4.69, 9.17) is 10.2 Å². The molecule has 2 amide bonds. The number of nitrogens with zero attached hydrogens (tertiary/aromatic N) is 2. The highest BCUT2D eigenvalue weighted by Gasteiger charge is 2.22. The monoisotopic (exact) mass is 348 g/mol. The van der Waals surface area contributed by atoms with E-state index >= 15 is 0 Å². The molecule has 1 saturated heterocycles. The maximum atomic E-state index is 12.3. The molecule has 0 aromatic carbocycles. The number of aromatic nitrogens is 1. The lowest BCUT2D eigenvalue weighted by Crippen LogP contribution is -2.46. The lowest BCUT2D eigenvalue weighted by Gasteiger charge is -2.30. The molecular formula is C16H20N4O3S. The average molecular weight is 348 g/mol. The van der Waals surface area contributed by atoms with E-state index in [-0.39, 0.29) is 24.3 Å². The first-order chi connectivity index (χ1) is 11.5. The second-order valence-electron chi connectivity index (χ2n) is 5.91. The van der Waals surface area contributed by atoms with Gasteiger partial charge >= 0.3 is 0 Å². The molecule has 0 saturated carbocycles. The summed E-state index contributed by atoms with van der Waals surface area (Å²) < 4.78 is 5.12. The minimum absolute atomic E-state index is 0.0269. The fourth-order valence-electron chi connectivity index (χ4n) is 2.73. The van der Waals surface area contributed by atoms with Crippen LogP contribution in [0.2, 0.25) is 0 Å². The summed E-state index contributed by atoms with van der Waals surface area (Å²) in [6.45, 7) is 3.08. The van der Waals surface area contributed by atoms with Crippen LogP contribution in [-0.4, -0.2) is 40.8 Å². The Kier molecular flexibility index (Phi) is 4.96. The largest absolute Gasteiger partial charge is 0.469 e. The third-order valence-electron chi connectivity index (χ3n) is 4.02. The lowest BCUT2D eigenvalue weighted by atomic mass is 10.1. The molecule has 1 aliphatic rings. The van der Waals surface area contributed by atoms with E-state index in [1.165, 1.54) is 17.6 Å². The predicted molar refractivity (Wildman–Crippen MR) is 91.0 cm³/mol. The highest BCUT2D eigenvalue weighted by molar-refractivity contribution is 7.14. The third kappa shape index (κ3) is 3.82. The minimum atomic E-state index is -0.268. The summed E-state index contributed by atoms with van der Waals surface area (Å²) in [5.74, 6) is 0.315. The fraction of sp³-hybridized carbons (Fsp3) is 0.438. The SMILES string of the molecule is Cc1occc1C(=O)Nc1nc(CC(=O)N2CCCC(N)C2)cs1. The van der Waals surface area contributed by atoms with Crippen molar-refractivity contribution < 1.29 is 14.0 Å². The number of furan rings is 1. The Morgan fingerprint density at radius 3 is 3.08 bits per heavy atom. The molecular weight excluding hydrogens is 328 g/mol. The third-order valence-corrected chi connectivity index (χ3v) is 4.83. The van der Waals surface area contributed by atoms with Crippen LogP contribution in [0.25, 0.3) is 0 Å². The number of rotatable bonds is 4. The highest BCUT2D eigenvalue weighted by Crippen LogP contribution is 2.19. The van der Waals surface area contributed by atoms with Crippen LogP contribution in [-0.2, 0) is 11.2 Å². The van der Waals surface area contributed by atoms with Gasteiger partial charge in [-0.2, -0.15) is 0 Å². The lowest BCUT2D eigenvalue weighted by molar-refractivity contribution is -0.131. The summed E-state index contributed by atoms with van der Waals surface area (Å²) >= 11 is 1.30. The van der Waals surface area contributed by atoms with Crippen molar-refractivity contribution >= 4 is 28.3 Å². The van der Waals surface area contributed by atoms with Crippen molar-refractivity contribution in [2.75, 3.05) is 18.4 Å². The van der Waals surface area contributed by atoms with Gasteiger partial charge in [0.05, 0.1) is 23.9 Å². The van der Waals surface area contributed by atoms with E-state index in [0.717, 1.165) is 19.4 Å². The number of carbonyl (C=O) groups excluding carboxylic acids is 2. The molecule has 1 fully saturated rings. The number of likely N-dealkylation sites (tertiary alicyclic amines) is 1. The first-order valence-electron chi connectivity index (χ1n) is 7.86. The maximum Gasteiger partial charge on any atom is 0.260 e. The second kappa shape index (κ2) is 7.14. The van der Waals surface area contributed by atoms with Crippen molar-refractivity contribution in [2.24, 2.45) is 5.73 Å². The van der Waals surface area contributed by atoms with Crippen LogP contribution in [0, 0.1) is 6.92 Å². The zero-order chi connectivity index (χ0) is 17.1. The molecule has 3 rings (SSSR count). The molecule has 7 nitrogen and oxygen atoms in total. The normalized spacial score (nSPS) is 17.8. The first kappa shape index (κ1) is 16.7. The summed E-state index contributed by atoms with van der Waals surface area (Å²) in [5, 5.41) is 4.99. The number of hydrogen-bond acceptors (Lipinski definition) is 6. The van der Waals surface area contributed by atoms with Crippen LogP contribution in [0.1, 0.15) is 34.7 Å². The van der Waals surface area contributed by atoms with Crippen LogP contribution in [0.5, 0.6) is 0 Å². The van der Waals surface area contributed by atoms with Gasteiger partial charge in [-0.05, 0) is 25.8 Å². The molecule has 0 radical (unpaired) electrons. The smallest absolute Gasteiger partial charge is 0.260 e. The van der Waals surface area contributed by atoms with Crippen LogP contribution >= 0.6 is 11.3 Å². The van der Waals surface area contributed by atoms with Crippen LogP contribution in [0.15, 0.2) is 22.1 Å². The Morgan fingerprint density at radius 2 is 2.38 bits per heavy atom. The summed E-state index contributed by atoms with van der Waals surface area (Å²) in [4.78, 5) is 30.5. The minimum Gasteiger partial charge on any atom is -0.469 e. The van der Waals surface area contributed by atoms with Crippen molar-refractivity contribution in [2.45, 2.75) is 32.2 Å². The van der Waals surface area contributed by atoms with Gasteiger partial charge in [0.1, 0.15) is 5.76 Å². The number of nitrogens with one attached hydrogen (secondary N) is 1. The molecule has 0 spiro atoms. The van der Waals surface area contributed by atoms with Gasteiger partial charge in [-0.3, -0.25) is 14.9 Å². The number of anilines is 1. The molecule has 0 aliphatic carbocycles. The second-order valence-corrected chi connectivity index (χ2v) is 6.77. The van der Waals surface area contributed by atoms with E-state index in [9.17, 15) is 9.59 Å². The number of piperidine rings is 1. The van der Waals surface area contributed by atoms with Crippen LogP contribution in [0.4, 0.5) is 5.13 Å². The van der Waals surface area contributed by atoms with E-state index in [0.29, 0.717) is 28.7 Å². The van der Waals surface area contributed by atoms with Crippen molar-refractivity contribution in [3.8, 4) is 0 Å². The fourth-order valence-corrected chi connectivity index (χ4v) is 3.44.